The highest BCUT2D eigenvalue weighted by atomic mass is 16.2. The Kier molecular flexibility index (Phi) is 4.52. The lowest BCUT2D eigenvalue weighted by molar-refractivity contribution is 0.0735. The minimum atomic E-state index is 0.0169. The largest absolute Gasteiger partial charge is 0.332 e. The lowest BCUT2D eigenvalue weighted by Gasteiger charge is -2.26. The molecule has 1 amide bonds. The van der Waals surface area contributed by atoms with Crippen molar-refractivity contribution >= 4 is 11.7 Å². The maximum Gasteiger partial charge on any atom is 0.254 e. The van der Waals surface area contributed by atoms with Crippen molar-refractivity contribution in [2.24, 2.45) is 0 Å². The van der Waals surface area contributed by atoms with Gasteiger partial charge in [-0.25, -0.2) is 0 Å². The highest BCUT2D eigenvalue weighted by Crippen LogP contribution is 2.34. The molecule has 0 saturated carbocycles. The van der Waals surface area contributed by atoms with Crippen LogP contribution in [0, 0.1) is 13.8 Å². The average molecular weight is 321 g/mol. The second-order valence-electron chi connectivity index (χ2n) is 6.71. The number of hydrogen-bond acceptors (Lipinski definition) is 2. The summed E-state index contributed by atoms with van der Waals surface area (Å²) in [5, 5.41) is 0. The van der Waals surface area contributed by atoms with E-state index in [1.54, 1.807) is 24.3 Å². The zero-order chi connectivity index (χ0) is 17.3. The highest BCUT2D eigenvalue weighted by Gasteiger charge is 2.30. The lowest BCUT2D eigenvalue weighted by Crippen LogP contribution is -2.30. The summed E-state index contributed by atoms with van der Waals surface area (Å²) in [6, 6.07) is 13.7. The molecule has 1 aliphatic rings. The van der Waals surface area contributed by atoms with Crippen molar-refractivity contribution in [2.45, 2.75) is 39.7 Å². The Balaban J connectivity index is 1.86. The van der Waals surface area contributed by atoms with Gasteiger partial charge in [0.25, 0.3) is 5.91 Å². The van der Waals surface area contributed by atoms with Crippen molar-refractivity contribution < 1.29 is 9.59 Å². The van der Waals surface area contributed by atoms with E-state index in [0.29, 0.717) is 11.1 Å². The highest BCUT2D eigenvalue weighted by molar-refractivity contribution is 5.98. The zero-order valence-electron chi connectivity index (χ0n) is 14.5. The van der Waals surface area contributed by atoms with Gasteiger partial charge in [-0.2, -0.15) is 0 Å². The SMILES string of the molecule is CC(=O)c1ccc(C(=O)N2CCCC2c2cc(C)cc(C)c2)cc1. The van der Waals surface area contributed by atoms with E-state index >= 15 is 0 Å². The minimum Gasteiger partial charge on any atom is -0.332 e. The molecule has 3 rings (SSSR count). The monoisotopic (exact) mass is 321 g/mol. The summed E-state index contributed by atoms with van der Waals surface area (Å²) in [5.74, 6) is 0.0649. The van der Waals surface area contributed by atoms with Gasteiger partial charge in [-0.15, -0.1) is 0 Å². The number of benzene rings is 2. The maximum atomic E-state index is 12.9. The number of amides is 1. The number of carbonyl (C=O) groups excluding carboxylic acids is 2. The van der Waals surface area contributed by atoms with Gasteiger partial charge in [0.05, 0.1) is 6.04 Å². The maximum absolute atomic E-state index is 12.9. The van der Waals surface area contributed by atoms with Gasteiger partial charge < -0.3 is 4.90 Å². The van der Waals surface area contributed by atoms with Crippen molar-refractivity contribution in [3.05, 3.63) is 70.3 Å². The van der Waals surface area contributed by atoms with Crippen molar-refractivity contribution in [2.75, 3.05) is 6.54 Å². The van der Waals surface area contributed by atoms with Crippen LogP contribution in [0.4, 0.5) is 0 Å². The second kappa shape index (κ2) is 6.60. The molecular weight excluding hydrogens is 298 g/mol. The molecular formula is C21H23NO2. The molecule has 1 atom stereocenters. The fraction of sp³-hybridized carbons (Fsp3) is 0.333. The van der Waals surface area contributed by atoms with Crippen LogP contribution in [-0.4, -0.2) is 23.1 Å². The van der Waals surface area contributed by atoms with E-state index in [-0.39, 0.29) is 17.7 Å². The number of aryl methyl sites for hydroxylation is 2. The molecule has 1 heterocycles. The van der Waals surface area contributed by atoms with E-state index in [1.807, 2.05) is 4.90 Å². The Morgan fingerprint density at radius 2 is 1.54 bits per heavy atom. The predicted octanol–water partition coefficient (Wildman–Crippen LogP) is 4.48. The quantitative estimate of drug-likeness (QED) is 0.781. The molecule has 0 spiro atoms. The van der Waals surface area contributed by atoms with Gasteiger partial charge >= 0.3 is 0 Å². The molecule has 2 aromatic rings. The Hall–Kier alpha value is -2.42. The molecule has 24 heavy (non-hydrogen) atoms. The molecule has 124 valence electrons. The van der Waals surface area contributed by atoms with Crippen LogP contribution < -0.4 is 0 Å². The number of carbonyl (C=O) groups is 2. The Labute approximate surface area is 143 Å². The molecule has 1 unspecified atom stereocenters. The van der Waals surface area contributed by atoms with Crippen molar-refractivity contribution in [3.63, 3.8) is 0 Å². The van der Waals surface area contributed by atoms with Crippen LogP contribution in [0.5, 0.6) is 0 Å². The van der Waals surface area contributed by atoms with Gasteiger partial charge in [0.15, 0.2) is 5.78 Å². The van der Waals surface area contributed by atoms with Crippen molar-refractivity contribution in [1.82, 2.24) is 4.90 Å². The molecule has 0 aliphatic carbocycles. The van der Waals surface area contributed by atoms with Crippen LogP contribution >= 0.6 is 0 Å². The Morgan fingerprint density at radius 3 is 2.12 bits per heavy atom. The van der Waals surface area contributed by atoms with Crippen LogP contribution in [0.15, 0.2) is 42.5 Å². The Morgan fingerprint density at radius 1 is 0.958 bits per heavy atom. The van der Waals surface area contributed by atoms with E-state index in [4.69, 9.17) is 0 Å². The van der Waals surface area contributed by atoms with E-state index in [9.17, 15) is 9.59 Å². The molecule has 1 aliphatic heterocycles. The summed E-state index contributed by atoms with van der Waals surface area (Å²) in [4.78, 5) is 26.3. The number of hydrogen-bond donors (Lipinski definition) is 0. The number of rotatable bonds is 3. The first-order valence-corrected chi connectivity index (χ1v) is 8.46. The average Bonchev–Trinajstić information content (AvgIpc) is 3.03. The standard InChI is InChI=1S/C21H23NO2/c1-14-11-15(2)13-19(12-14)20-5-4-10-22(20)21(24)18-8-6-17(7-9-18)16(3)23/h6-9,11-13,20H,4-5,10H2,1-3H3. The molecule has 0 aromatic heterocycles. The number of nitrogens with zero attached hydrogens (tertiary/aromatic N) is 1. The van der Waals surface area contributed by atoms with Crippen molar-refractivity contribution in [1.29, 1.82) is 0 Å². The lowest BCUT2D eigenvalue weighted by atomic mass is 9.99. The zero-order valence-corrected chi connectivity index (χ0v) is 14.5. The van der Waals surface area contributed by atoms with Crippen LogP contribution in [0.2, 0.25) is 0 Å². The van der Waals surface area contributed by atoms with Crippen LogP contribution in [0.1, 0.15) is 63.2 Å². The van der Waals surface area contributed by atoms with Crippen LogP contribution in [0.3, 0.4) is 0 Å². The van der Waals surface area contributed by atoms with Gasteiger partial charge in [0.1, 0.15) is 0 Å². The van der Waals surface area contributed by atoms with Gasteiger partial charge in [-0.1, -0.05) is 41.5 Å². The molecule has 0 radical (unpaired) electrons. The fourth-order valence-corrected chi connectivity index (χ4v) is 3.57. The summed E-state index contributed by atoms with van der Waals surface area (Å²) < 4.78 is 0. The van der Waals surface area contributed by atoms with E-state index < -0.39 is 0 Å². The minimum absolute atomic E-state index is 0.0169. The van der Waals surface area contributed by atoms with E-state index in [1.165, 1.54) is 23.6 Å². The second-order valence-corrected chi connectivity index (χ2v) is 6.71. The molecule has 0 N–H and O–H groups in total. The summed E-state index contributed by atoms with van der Waals surface area (Å²) in [6.45, 7) is 6.51. The molecule has 1 saturated heterocycles. The first-order valence-electron chi connectivity index (χ1n) is 8.46. The Bertz CT molecular complexity index is 757. The predicted molar refractivity (Wildman–Crippen MR) is 95.4 cm³/mol. The third-order valence-corrected chi connectivity index (χ3v) is 4.68. The smallest absolute Gasteiger partial charge is 0.254 e. The number of likely N-dealkylation sites (tertiary alicyclic amines) is 1. The third-order valence-electron chi connectivity index (χ3n) is 4.68. The molecule has 3 nitrogen and oxygen atoms in total. The van der Waals surface area contributed by atoms with E-state index in [2.05, 4.69) is 32.0 Å². The number of ketones is 1. The summed E-state index contributed by atoms with van der Waals surface area (Å²) >= 11 is 0. The first-order chi connectivity index (χ1) is 11.5. The van der Waals surface area contributed by atoms with Gasteiger partial charge in [-0.05, 0) is 51.3 Å². The molecule has 2 aromatic carbocycles. The summed E-state index contributed by atoms with van der Waals surface area (Å²) in [6.07, 6.45) is 2.02. The fourth-order valence-electron chi connectivity index (χ4n) is 3.57. The van der Waals surface area contributed by atoms with Gasteiger partial charge in [-0.3, -0.25) is 9.59 Å². The first kappa shape index (κ1) is 16.4. The molecule has 0 bridgehead atoms. The summed E-state index contributed by atoms with van der Waals surface area (Å²) in [7, 11) is 0. The molecule has 1 fully saturated rings. The van der Waals surface area contributed by atoms with Crippen LogP contribution in [-0.2, 0) is 0 Å². The van der Waals surface area contributed by atoms with Crippen LogP contribution in [0.25, 0.3) is 0 Å². The van der Waals surface area contributed by atoms with Gasteiger partial charge in [0.2, 0.25) is 0 Å². The summed E-state index contributed by atoms with van der Waals surface area (Å²) in [5.41, 5.74) is 4.97. The topological polar surface area (TPSA) is 37.4 Å². The van der Waals surface area contributed by atoms with Crippen molar-refractivity contribution in [3.8, 4) is 0 Å². The van der Waals surface area contributed by atoms with E-state index in [0.717, 1.165) is 19.4 Å². The van der Waals surface area contributed by atoms with Gasteiger partial charge in [0, 0.05) is 17.7 Å². The normalized spacial score (nSPS) is 17.1. The third kappa shape index (κ3) is 3.25. The number of Topliss-reactive ketones (excluding diaryl/α,β-unsaturated/α-hetero) is 1. The molecule has 3 heteroatoms.